The second kappa shape index (κ2) is 6.52. The summed E-state index contributed by atoms with van der Waals surface area (Å²) in [5, 5.41) is 3.23. The van der Waals surface area contributed by atoms with Crippen LogP contribution in [0, 0.1) is 13.8 Å². The number of aryl methyl sites for hydroxylation is 2. The number of nitrogens with two attached hydrogens (primary N) is 1. The van der Waals surface area contributed by atoms with E-state index < -0.39 is 6.04 Å². The molecule has 1 unspecified atom stereocenters. The Morgan fingerprint density at radius 1 is 1.33 bits per heavy atom. The second-order valence-electron chi connectivity index (χ2n) is 4.90. The SMILES string of the molecule is Cc1cccc(C)c1C(NCCN(C)C)C(N)=O. The van der Waals surface area contributed by atoms with Crippen LogP contribution in [0.4, 0.5) is 0 Å². The molecule has 100 valence electrons. The third-order valence-corrected chi connectivity index (χ3v) is 3.02. The number of rotatable bonds is 6. The highest BCUT2D eigenvalue weighted by atomic mass is 16.1. The third-order valence-electron chi connectivity index (χ3n) is 3.02. The minimum atomic E-state index is -0.411. The summed E-state index contributed by atoms with van der Waals surface area (Å²) in [6, 6.07) is 5.59. The Morgan fingerprint density at radius 2 is 1.89 bits per heavy atom. The Morgan fingerprint density at radius 3 is 2.33 bits per heavy atom. The van der Waals surface area contributed by atoms with Gasteiger partial charge in [0.1, 0.15) is 6.04 Å². The smallest absolute Gasteiger partial charge is 0.239 e. The van der Waals surface area contributed by atoms with Gasteiger partial charge in [0.2, 0.25) is 5.91 Å². The first kappa shape index (κ1) is 14.7. The predicted octanol–water partition coefficient (Wildman–Crippen LogP) is 0.981. The lowest BCUT2D eigenvalue weighted by atomic mass is 9.95. The number of benzene rings is 1. The maximum Gasteiger partial charge on any atom is 0.239 e. The van der Waals surface area contributed by atoms with Crippen LogP contribution in [0.25, 0.3) is 0 Å². The number of nitrogens with one attached hydrogen (secondary N) is 1. The third kappa shape index (κ3) is 3.82. The van der Waals surface area contributed by atoms with Crippen molar-refractivity contribution < 1.29 is 4.79 Å². The number of hydrogen-bond acceptors (Lipinski definition) is 3. The first-order chi connectivity index (χ1) is 8.43. The Labute approximate surface area is 109 Å². The minimum Gasteiger partial charge on any atom is -0.368 e. The molecule has 0 aliphatic rings. The van der Waals surface area contributed by atoms with E-state index in [1.165, 1.54) is 0 Å². The van der Waals surface area contributed by atoms with Crippen LogP contribution in [-0.4, -0.2) is 38.0 Å². The molecule has 1 atom stereocenters. The van der Waals surface area contributed by atoms with E-state index in [1.807, 2.05) is 46.1 Å². The van der Waals surface area contributed by atoms with Crippen LogP contribution >= 0.6 is 0 Å². The molecule has 3 N–H and O–H groups in total. The van der Waals surface area contributed by atoms with Crippen LogP contribution in [0.2, 0.25) is 0 Å². The zero-order valence-corrected chi connectivity index (χ0v) is 11.7. The molecular weight excluding hydrogens is 226 g/mol. The quantitative estimate of drug-likeness (QED) is 0.790. The van der Waals surface area contributed by atoms with Crippen LogP contribution in [0.5, 0.6) is 0 Å². The lowest BCUT2D eigenvalue weighted by Gasteiger charge is -2.21. The average Bonchev–Trinajstić information content (AvgIpc) is 2.25. The molecule has 0 saturated heterocycles. The van der Waals surface area contributed by atoms with E-state index in [4.69, 9.17) is 5.73 Å². The van der Waals surface area contributed by atoms with Crippen LogP contribution in [0.15, 0.2) is 18.2 Å². The molecule has 0 aliphatic carbocycles. The van der Waals surface area contributed by atoms with Crippen molar-refractivity contribution in [3.63, 3.8) is 0 Å². The minimum absolute atomic E-state index is 0.328. The van der Waals surface area contributed by atoms with Crippen molar-refractivity contribution in [3.05, 3.63) is 34.9 Å². The summed E-state index contributed by atoms with van der Waals surface area (Å²) in [5.74, 6) is -0.328. The van der Waals surface area contributed by atoms with Gasteiger partial charge in [0.15, 0.2) is 0 Å². The van der Waals surface area contributed by atoms with Crippen molar-refractivity contribution in [2.75, 3.05) is 27.2 Å². The maximum absolute atomic E-state index is 11.6. The van der Waals surface area contributed by atoms with Crippen LogP contribution in [0.3, 0.4) is 0 Å². The number of amides is 1. The molecule has 1 amide bonds. The van der Waals surface area contributed by atoms with Gasteiger partial charge in [-0.15, -0.1) is 0 Å². The highest BCUT2D eigenvalue weighted by Gasteiger charge is 2.20. The largest absolute Gasteiger partial charge is 0.368 e. The average molecular weight is 249 g/mol. The molecule has 4 heteroatoms. The van der Waals surface area contributed by atoms with Gasteiger partial charge < -0.3 is 16.0 Å². The van der Waals surface area contributed by atoms with E-state index in [-0.39, 0.29) is 5.91 Å². The van der Waals surface area contributed by atoms with E-state index in [1.54, 1.807) is 0 Å². The first-order valence-corrected chi connectivity index (χ1v) is 6.17. The Balaban J connectivity index is 2.88. The van der Waals surface area contributed by atoms with Gasteiger partial charge in [-0.3, -0.25) is 4.79 Å². The molecule has 4 nitrogen and oxygen atoms in total. The number of primary amides is 1. The monoisotopic (exact) mass is 249 g/mol. The van der Waals surface area contributed by atoms with Crippen molar-refractivity contribution in [2.45, 2.75) is 19.9 Å². The van der Waals surface area contributed by atoms with E-state index in [9.17, 15) is 4.79 Å². The van der Waals surface area contributed by atoms with Gasteiger partial charge in [-0.05, 0) is 44.6 Å². The number of carbonyl (C=O) groups excluding carboxylic acids is 1. The topological polar surface area (TPSA) is 58.4 Å². The van der Waals surface area contributed by atoms with E-state index in [2.05, 4.69) is 10.2 Å². The zero-order valence-electron chi connectivity index (χ0n) is 11.7. The van der Waals surface area contributed by atoms with E-state index in [0.717, 1.165) is 29.8 Å². The summed E-state index contributed by atoms with van der Waals surface area (Å²) in [4.78, 5) is 13.7. The molecule has 0 saturated carbocycles. The molecule has 0 aromatic heterocycles. The summed E-state index contributed by atoms with van der Waals surface area (Å²) >= 11 is 0. The molecule has 1 aromatic carbocycles. The standard InChI is InChI=1S/C14H23N3O/c1-10-6-5-7-11(2)12(10)13(14(15)18)16-8-9-17(3)4/h5-7,13,16H,8-9H2,1-4H3,(H2,15,18). The number of likely N-dealkylation sites (N-methyl/N-ethyl adjacent to an activating group) is 1. The highest BCUT2D eigenvalue weighted by Crippen LogP contribution is 2.21. The van der Waals surface area contributed by atoms with Crippen molar-refractivity contribution in [1.82, 2.24) is 10.2 Å². The number of carbonyl (C=O) groups is 1. The molecule has 0 fully saturated rings. The first-order valence-electron chi connectivity index (χ1n) is 6.17. The van der Waals surface area contributed by atoms with Crippen LogP contribution < -0.4 is 11.1 Å². The lowest BCUT2D eigenvalue weighted by molar-refractivity contribution is -0.120. The Bertz CT molecular complexity index is 395. The normalized spacial score (nSPS) is 12.7. The molecule has 0 radical (unpaired) electrons. The summed E-state index contributed by atoms with van der Waals surface area (Å²) < 4.78 is 0. The van der Waals surface area contributed by atoms with E-state index >= 15 is 0 Å². The lowest BCUT2D eigenvalue weighted by Crippen LogP contribution is -2.38. The van der Waals surface area contributed by atoms with Gasteiger partial charge in [-0.25, -0.2) is 0 Å². The molecule has 18 heavy (non-hydrogen) atoms. The summed E-state index contributed by atoms with van der Waals surface area (Å²) in [5.41, 5.74) is 8.70. The fourth-order valence-corrected chi connectivity index (χ4v) is 2.06. The number of hydrogen-bond donors (Lipinski definition) is 2. The molecule has 1 rings (SSSR count). The molecule has 0 heterocycles. The highest BCUT2D eigenvalue weighted by molar-refractivity contribution is 5.82. The van der Waals surface area contributed by atoms with Gasteiger partial charge >= 0.3 is 0 Å². The molecular formula is C14H23N3O. The van der Waals surface area contributed by atoms with Gasteiger partial charge in [-0.1, -0.05) is 18.2 Å². The Hall–Kier alpha value is -1.39. The maximum atomic E-state index is 11.6. The fraction of sp³-hybridized carbons (Fsp3) is 0.500. The second-order valence-corrected chi connectivity index (χ2v) is 4.90. The number of nitrogens with zero attached hydrogens (tertiary/aromatic N) is 1. The molecule has 0 spiro atoms. The summed E-state index contributed by atoms with van der Waals surface area (Å²) in [6.07, 6.45) is 0. The predicted molar refractivity (Wildman–Crippen MR) is 74.4 cm³/mol. The van der Waals surface area contributed by atoms with Crippen molar-refractivity contribution in [3.8, 4) is 0 Å². The van der Waals surface area contributed by atoms with Gasteiger partial charge in [0.25, 0.3) is 0 Å². The summed E-state index contributed by atoms with van der Waals surface area (Å²) in [6.45, 7) is 5.61. The Kier molecular flexibility index (Phi) is 5.31. The van der Waals surface area contributed by atoms with Gasteiger partial charge in [0, 0.05) is 13.1 Å². The molecule has 1 aromatic rings. The molecule has 0 aliphatic heterocycles. The van der Waals surface area contributed by atoms with Gasteiger partial charge in [-0.2, -0.15) is 0 Å². The van der Waals surface area contributed by atoms with Crippen LogP contribution in [0.1, 0.15) is 22.7 Å². The van der Waals surface area contributed by atoms with Gasteiger partial charge in [0.05, 0.1) is 0 Å². The fourth-order valence-electron chi connectivity index (χ4n) is 2.06. The van der Waals surface area contributed by atoms with Crippen molar-refractivity contribution in [1.29, 1.82) is 0 Å². The van der Waals surface area contributed by atoms with E-state index in [0.29, 0.717) is 0 Å². The van der Waals surface area contributed by atoms with Crippen molar-refractivity contribution in [2.24, 2.45) is 5.73 Å². The van der Waals surface area contributed by atoms with Crippen LogP contribution in [-0.2, 0) is 4.79 Å². The van der Waals surface area contributed by atoms with Crippen molar-refractivity contribution >= 4 is 5.91 Å². The zero-order chi connectivity index (χ0) is 13.7. The molecule has 0 bridgehead atoms. The summed E-state index contributed by atoms with van der Waals surface area (Å²) in [7, 11) is 4.00.